The monoisotopic (exact) mass is 393 g/mol. The number of carbonyl (C=O) groups is 1. The highest BCUT2D eigenvalue weighted by atomic mass is 19.1. The number of methoxy groups -OCH3 is 1. The molecule has 6 heteroatoms. The number of benzene rings is 2. The first-order valence-electron chi connectivity index (χ1n) is 9.95. The van der Waals surface area contributed by atoms with Crippen LogP contribution in [0, 0.1) is 5.82 Å². The molecule has 0 unspecified atom stereocenters. The van der Waals surface area contributed by atoms with Gasteiger partial charge in [-0.2, -0.15) is 5.10 Å². The summed E-state index contributed by atoms with van der Waals surface area (Å²) in [6, 6.07) is 15.5. The molecular formula is C23H24FN3O2. The van der Waals surface area contributed by atoms with Gasteiger partial charge in [-0.15, -0.1) is 0 Å². The van der Waals surface area contributed by atoms with E-state index >= 15 is 0 Å². The Morgan fingerprint density at radius 2 is 1.86 bits per heavy atom. The van der Waals surface area contributed by atoms with Gasteiger partial charge < -0.3 is 10.1 Å². The van der Waals surface area contributed by atoms with Crippen LogP contribution in [0.1, 0.15) is 42.6 Å². The third kappa shape index (κ3) is 4.31. The molecule has 3 aromatic rings. The number of hydrogen-bond donors (Lipinski definition) is 1. The van der Waals surface area contributed by atoms with Gasteiger partial charge >= 0.3 is 0 Å². The third-order valence-electron chi connectivity index (χ3n) is 5.32. The van der Waals surface area contributed by atoms with Gasteiger partial charge in [-0.25, -0.2) is 9.07 Å². The van der Waals surface area contributed by atoms with Crippen molar-refractivity contribution in [2.45, 2.75) is 38.1 Å². The minimum Gasteiger partial charge on any atom is -0.497 e. The molecule has 0 radical (unpaired) electrons. The topological polar surface area (TPSA) is 56.1 Å². The van der Waals surface area contributed by atoms with Crippen molar-refractivity contribution in [2.75, 3.05) is 7.11 Å². The normalized spacial score (nSPS) is 14.6. The zero-order valence-electron chi connectivity index (χ0n) is 16.4. The van der Waals surface area contributed by atoms with Crippen LogP contribution in [0.25, 0.3) is 16.9 Å². The summed E-state index contributed by atoms with van der Waals surface area (Å²) in [7, 11) is 1.61. The number of rotatable bonds is 5. The molecule has 1 aliphatic rings. The minimum absolute atomic E-state index is 0.164. The Hall–Kier alpha value is -3.15. The van der Waals surface area contributed by atoms with Crippen molar-refractivity contribution in [3.63, 3.8) is 0 Å². The number of halogens is 1. The van der Waals surface area contributed by atoms with Crippen LogP contribution in [0.15, 0.2) is 54.6 Å². The van der Waals surface area contributed by atoms with Gasteiger partial charge in [0, 0.05) is 11.6 Å². The van der Waals surface area contributed by atoms with Crippen LogP contribution >= 0.6 is 0 Å². The Bertz CT molecular complexity index is 992. The molecule has 1 aromatic heterocycles. The average molecular weight is 393 g/mol. The summed E-state index contributed by atoms with van der Waals surface area (Å²) in [5.74, 6) is 0.219. The van der Waals surface area contributed by atoms with Crippen molar-refractivity contribution in [1.29, 1.82) is 0 Å². The van der Waals surface area contributed by atoms with Gasteiger partial charge in [0.1, 0.15) is 17.3 Å². The predicted molar refractivity (Wildman–Crippen MR) is 110 cm³/mol. The third-order valence-corrected chi connectivity index (χ3v) is 5.32. The highest BCUT2D eigenvalue weighted by Gasteiger charge is 2.22. The van der Waals surface area contributed by atoms with Crippen molar-refractivity contribution < 1.29 is 13.9 Å². The van der Waals surface area contributed by atoms with Crippen LogP contribution in [0.5, 0.6) is 5.75 Å². The molecule has 1 N–H and O–H groups in total. The fourth-order valence-corrected chi connectivity index (χ4v) is 3.75. The lowest BCUT2D eigenvalue weighted by atomic mass is 9.95. The molecule has 0 aliphatic heterocycles. The molecule has 1 fully saturated rings. The van der Waals surface area contributed by atoms with Crippen LogP contribution in [-0.2, 0) is 0 Å². The van der Waals surface area contributed by atoms with Crippen LogP contribution in [0.3, 0.4) is 0 Å². The smallest absolute Gasteiger partial charge is 0.270 e. The fraction of sp³-hybridized carbons (Fsp3) is 0.304. The maximum absolute atomic E-state index is 13.4. The standard InChI is InChI=1S/C23H24FN3O2/c1-29-20-9-5-6-16(14-20)21-15-22(23(28)25-18-7-3-2-4-8-18)27(26-21)19-12-10-17(24)11-13-19/h5-6,9-15,18H,2-4,7-8H2,1H3,(H,25,28). The molecule has 1 saturated carbocycles. The van der Waals surface area contributed by atoms with E-state index in [1.165, 1.54) is 18.6 Å². The SMILES string of the molecule is COc1cccc(-c2cc(C(=O)NC3CCCCC3)n(-c3ccc(F)cc3)n2)c1. The summed E-state index contributed by atoms with van der Waals surface area (Å²) in [6.45, 7) is 0. The summed E-state index contributed by atoms with van der Waals surface area (Å²) in [4.78, 5) is 13.1. The second-order valence-corrected chi connectivity index (χ2v) is 7.34. The molecule has 0 spiro atoms. The van der Waals surface area contributed by atoms with E-state index in [1.807, 2.05) is 24.3 Å². The summed E-state index contributed by atoms with van der Waals surface area (Å²) in [5.41, 5.74) is 2.56. The van der Waals surface area contributed by atoms with E-state index in [-0.39, 0.29) is 17.8 Å². The van der Waals surface area contributed by atoms with E-state index in [9.17, 15) is 9.18 Å². The zero-order chi connectivity index (χ0) is 20.2. The van der Waals surface area contributed by atoms with Crippen molar-refractivity contribution in [3.8, 4) is 22.7 Å². The number of aromatic nitrogens is 2. The van der Waals surface area contributed by atoms with Crippen molar-refractivity contribution >= 4 is 5.91 Å². The highest BCUT2D eigenvalue weighted by Crippen LogP contribution is 2.26. The predicted octanol–water partition coefficient (Wildman–Crippen LogP) is 4.75. The molecule has 4 rings (SSSR count). The van der Waals surface area contributed by atoms with Gasteiger partial charge in [0.25, 0.3) is 5.91 Å². The summed E-state index contributed by atoms with van der Waals surface area (Å²) >= 11 is 0. The van der Waals surface area contributed by atoms with Gasteiger partial charge in [0.05, 0.1) is 18.5 Å². The molecule has 0 atom stereocenters. The van der Waals surface area contributed by atoms with Gasteiger partial charge in [0.2, 0.25) is 0 Å². The lowest BCUT2D eigenvalue weighted by molar-refractivity contribution is 0.0920. The number of nitrogens with zero attached hydrogens (tertiary/aromatic N) is 2. The number of ether oxygens (including phenoxy) is 1. The second kappa shape index (κ2) is 8.47. The first-order chi connectivity index (χ1) is 14.1. The largest absolute Gasteiger partial charge is 0.497 e. The van der Waals surface area contributed by atoms with E-state index in [0.29, 0.717) is 22.8 Å². The second-order valence-electron chi connectivity index (χ2n) is 7.34. The fourth-order valence-electron chi connectivity index (χ4n) is 3.75. The Morgan fingerprint density at radius 1 is 1.10 bits per heavy atom. The van der Waals surface area contributed by atoms with Crippen LogP contribution < -0.4 is 10.1 Å². The molecule has 150 valence electrons. The van der Waals surface area contributed by atoms with Crippen LogP contribution in [-0.4, -0.2) is 28.8 Å². The zero-order valence-corrected chi connectivity index (χ0v) is 16.4. The Kier molecular flexibility index (Phi) is 5.60. The highest BCUT2D eigenvalue weighted by molar-refractivity contribution is 5.94. The van der Waals surface area contributed by atoms with Crippen molar-refractivity contribution in [1.82, 2.24) is 15.1 Å². The molecule has 0 bridgehead atoms. The quantitative estimate of drug-likeness (QED) is 0.681. The van der Waals surface area contributed by atoms with Gasteiger partial charge in [-0.1, -0.05) is 31.4 Å². The maximum Gasteiger partial charge on any atom is 0.270 e. The lowest BCUT2D eigenvalue weighted by Crippen LogP contribution is -2.37. The van der Waals surface area contributed by atoms with Gasteiger partial charge in [0.15, 0.2) is 0 Å². The van der Waals surface area contributed by atoms with Crippen molar-refractivity contribution in [2.24, 2.45) is 0 Å². The molecule has 1 heterocycles. The maximum atomic E-state index is 13.4. The number of nitrogens with one attached hydrogen (secondary N) is 1. The molecule has 29 heavy (non-hydrogen) atoms. The molecule has 5 nitrogen and oxygen atoms in total. The summed E-state index contributed by atoms with van der Waals surface area (Å²) in [5, 5.41) is 7.79. The molecule has 1 aliphatic carbocycles. The molecular weight excluding hydrogens is 369 g/mol. The van der Waals surface area contributed by atoms with Gasteiger partial charge in [-0.3, -0.25) is 4.79 Å². The van der Waals surface area contributed by atoms with E-state index in [2.05, 4.69) is 10.4 Å². The first-order valence-corrected chi connectivity index (χ1v) is 9.95. The molecule has 2 aromatic carbocycles. The Labute approximate surface area is 169 Å². The van der Waals surface area contributed by atoms with Gasteiger partial charge in [-0.05, 0) is 55.3 Å². The first kappa shape index (κ1) is 19.2. The minimum atomic E-state index is -0.331. The van der Waals surface area contributed by atoms with Crippen molar-refractivity contribution in [3.05, 3.63) is 66.1 Å². The van der Waals surface area contributed by atoms with E-state index in [4.69, 9.17) is 4.74 Å². The van der Waals surface area contributed by atoms with E-state index in [0.717, 1.165) is 31.2 Å². The summed E-state index contributed by atoms with van der Waals surface area (Å²) in [6.07, 6.45) is 5.49. The van der Waals surface area contributed by atoms with E-state index < -0.39 is 0 Å². The van der Waals surface area contributed by atoms with Crippen LogP contribution in [0.4, 0.5) is 4.39 Å². The molecule has 0 saturated heterocycles. The van der Waals surface area contributed by atoms with E-state index in [1.54, 1.807) is 30.0 Å². The number of hydrogen-bond acceptors (Lipinski definition) is 3. The lowest BCUT2D eigenvalue weighted by Gasteiger charge is -2.22. The summed E-state index contributed by atoms with van der Waals surface area (Å²) < 4.78 is 20.3. The Balaban J connectivity index is 1.71. The number of amides is 1. The molecule has 1 amide bonds. The average Bonchev–Trinajstić information content (AvgIpc) is 3.21. The Morgan fingerprint density at radius 3 is 2.59 bits per heavy atom. The van der Waals surface area contributed by atoms with Crippen LogP contribution in [0.2, 0.25) is 0 Å². The number of carbonyl (C=O) groups excluding carboxylic acids is 1.